The molecule has 1 aromatic rings. The van der Waals surface area contributed by atoms with Crippen molar-refractivity contribution in [2.45, 2.75) is 12.8 Å². The van der Waals surface area contributed by atoms with E-state index in [-0.39, 0.29) is 23.0 Å². The van der Waals surface area contributed by atoms with Crippen LogP contribution in [-0.2, 0) is 0 Å². The van der Waals surface area contributed by atoms with E-state index in [4.69, 9.17) is 11.5 Å². The summed E-state index contributed by atoms with van der Waals surface area (Å²) in [5, 5.41) is 3.40. The van der Waals surface area contributed by atoms with E-state index in [1.165, 1.54) is 11.3 Å². The number of nitrogen functional groups attached to an aromatic ring is 1. The van der Waals surface area contributed by atoms with Gasteiger partial charge in [0.25, 0.3) is 5.91 Å². The molecule has 0 radical (unpaired) electrons. The molecule has 1 saturated carbocycles. The summed E-state index contributed by atoms with van der Waals surface area (Å²) in [6.07, 6.45) is 1.83. The normalized spacial score (nSPS) is 14.8. The maximum atomic E-state index is 11.9. The summed E-state index contributed by atoms with van der Waals surface area (Å²) in [5.74, 6) is -0.481. The number of carbonyl (C=O) groups is 2. The number of hydrogen-bond donors (Lipinski definition) is 3. The van der Waals surface area contributed by atoms with Crippen molar-refractivity contribution >= 4 is 33.7 Å². The first-order valence-electron chi connectivity index (χ1n) is 5.00. The van der Waals surface area contributed by atoms with Gasteiger partial charge in [0.05, 0.1) is 16.1 Å². The maximum Gasteiger partial charge on any atom is 0.253 e. The zero-order valence-corrected chi connectivity index (χ0v) is 9.69. The monoisotopic (exact) mass is 239 g/mol. The fraction of sp³-hybridized carbons (Fsp3) is 0.400. The van der Waals surface area contributed by atoms with Gasteiger partial charge in [-0.1, -0.05) is 0 Å². The van der Waals surface area contributed by atoms with Crippen LogP contribution in [0.5, 0.6) is 0 Å². The molecule has 1 heterocycles. The van der Waals surface area contributed by atoms with Crippen LogP contribution < -0.4 is 16.8 Å². The number of primary amides is 1. The molecule has 0 atom stereocenters. The Morgan fingerprint density at radius 2 is 2.06 bits per heavy atom. The molecule has 1 aliphatic rings. The zero-order chi connectivity index (χ0) is 11.9. The number of nitrogens with one attached hydrogen (secondary N) is 1. The summed E-state index contributed by atoms with van der Waals surface area (Å²) < 4.78 is 0. The topological polar surface area (TPSA) is 98.2 Å². The lowest BCUT2D eigenvalue weighted by Crippen LogP contribution is -2.14. The summed E-state index contributed by atoms with van der Waals surface area (Å²) in [7, 11) is 1.67. The predicted molar refractivity (Wildman–Crippen MR) is 63.9 cm³/mol. The molecule has 1 amide bonds. The van der Waals surface area contributed by atoms with Gasteiger partial charge in [-0.3, -0.25) is 9.59 Å². The predicted octanol–water partition coefficient (Wildman–Crippen LogP) is 1.06. The van der Waals surface area contributed by atoms with Crippen LogP contribution in [0.15, 0.2) is 0 Å². The van der Waals surface area contributed by atoms with Crippen LogP contribution in [0.3, 0.4) is 0 Å². The van der Waals surface area contributed by atoms with Crippen molar-refractivity contribution in [1.82, 2.24) is 0 Å². The van der Waals surface area contributed by atoms with Crippen molar-refractivity contribution in [3.05, 3.63) is 10.4 Å². The average Bonchev–Trinajstić information content (AvgIpc) is 3.01. The van der Waals surface area contributed by atoms with Gasteiger partial charge in [0.1, 0.15) is 5.00 Å². The lowest BCUT2D eigenvalue weighted by Gasteiger charge is -1.99. The zero-order valence-electron chi connectivity index (χ0n) is 8.87. The molecule has 0 bridgehead atoms. The number of hydrogen-bond acceptors (Lipinski definition) is 5. The highest BCUT2D eigenvalue weighted by Gasteiger charge is 2.34. The van der Waals surface area contributed by atoms with E-state index in [1.54, 1.807) is 7.05 Å². The van der Waals surface area contributed by atoms with Crippen LogP contribution in [0.4, 0.5) is 10.7 Å². The van der Waals surface area contributed by atoms with E-state index in [0.29, 0.717) is 9.88 Å². The molecule has 0 aromatic carbocycles. The minimum absolute atomic E-state index is 0.0338. The standard InChI is InChI=1S/C10H13N3O2S/c1-13-10-5(9(12)15)6(11)8(16-10)7(14)4-2-3-4/h4,13H,2-3,11H2,1H3,(H2,12,15). The molecule has 2 rings (SSSR count). The minimum Gasteiger partial charge on any atom is -0.397 e. The van der Waals surface area contributed by atoms with Crippen molar-refractivity contribution in [2.75, 3.05) is 18.1 Å². The summed E-state index contributed by atoms with van der Waals surface area (Å²) in [4.78, 5) is 23.6. The molecule has 1 aromatic heterocycles. The molecule has 1 fully saturated rings. The van der Waals surface area contributed by atoms with Gasteiger partial charge < -0.3 is 16.8 Å². The molecular weight excluding hydrogens is 226 g/mol. The number of ketones is 1. The Balaban J connectivity index is 2.46. The average molecular weight is 239 g/mol. The number of nitrogens with two attached hydrogens (primary N) is 2. The highest BCUT2D eigenvalue weighted by molar-refractivity contribution is 7.19. The summed E-state index contributed by atoms with van der Waals surface area (Å²) in [6, 6.07) is 0. The fourth-order valence-corrected chi connectivity index (χ4v) is 2.68. The van der Waals surface area contributed by atoms with Gasteiger partial charge in [-0.05, 0) is 12.8 Å². The second-order valence-corrected chi connectivity index (χ2v) is 4.82. The van der Waals surface area contributed by atoms with E-state index in [2.05, 4.69) is 5.32 Å². The molecular formula is C10H13N3O2S. The van der Waals surface area contributed by atoms with Gasteiger partial charge >= 0.3 is 0 Å². The Bertz CT molecular complexity index is 463. The van der Waals surface area contributed by atoms with Crippen LogP contribution >= 0.6 is 11.3 Å². The Hall–Kier alpha value is -1.56. The van der Waals surface area contributed by atoms with Crippen molar-refractivity contribution in [2.24, 2.45) is 11.7 Å². The number of Topliss-reactive ketones (excluding diaryl/α,β-unsaturated/α-hetero) is 1. The van der Waals surface area contributed by atoms with Gasteiger partial charge in [0.15, 0.2) is 5.78 Å². The molecule has 0 spiro atoms. The smallest absolute Gasteiger partial charge is 0.253 e. The van der Waals surface area contributed by atoms with Gasteiger partial charge in [0.2, 0.25) is 0 Å². The van der Waals surface area contributed by atoms with E-state index in [9.17, 15) is 9.59 Å². The lowest BCUT2D eigenvalue weighted by molar-refractivity contribution is 0.0972. The highest BCUT2D eigenvalue weighted by Crippen LogP contribution is 2.41. The number of thiophene rings is 1. The van der Waals surface area contributed by atoms with Gasteiger partial charge in [-0.2, -0.15) is 0 Å². The van der Waals surface area contributed by atoms with E-state index >= 15 is 0 Å². The largest absolute Gasteiger partial charge is 0.397 e. The van der Waals surface area contributed by atoms with Gasteiger partial charge in [0, 0.05) is 13.0 Å². The van der Waals surface area contributed by atoms with Gasteiger partial charge in [-0.15, -0.1) is 11.3 Å². The molecule has 5 N–H and O–H groups in total. The van der Waals surface area contributed by atoms with Crippen LogP contribution in [0.2, 0.25) is 0 Å². The molecule has 0 aliphatic heterocycles. The van der Waals surface area contributed by atoms with Crippen LogP contribution in [-0.4, -0.2) is 18.7 Å². The van der Waals surface area contributed by atoms with E-state index in [0.717, 1.165) is 12.8 Å². The van der Waals surface area contributed by atoms with E-state index in [1.807, 2.05) is 0 Å². The number of amides is 1. The maximum absolute atomic E-state index is 11.9. The third-order valence-corrected chi connectivity index (χ3v) is 3.83. The quantitative estimate of drug-likeness (QED) is 0.684. The third kappa shape index (κ3) is 1.65. The molecule has 0 unspecified atom stereocenters. The third-order valence-electron chi connectivity index (χ3n) is 2.59. The highest BCUT2D eigenvalue weighted by atomic mass is 32.1. The van der Waals surface area contributed by atoms with Crippen LogP contribution in [0, 0.1) is 5.92 Å². The first-order valence-corrected chi connectivity index (χ1v) is 5.82. The Labute approximate surface area is 96.8 Å². The van der Waals surface area contributed by atoms with Crippen molar-refractivity contribution in [3.63, 3.8) is 0 Å². The first kappa shape index (κ1) is 10.9. The second-order valence-electron chi connectivity index (χ2n) is 3.80. The number of anilines is 2. The number of carbonyl (C=O) groups excluding carboxylic acids is 2. The Morgan fingerprint density at radius 1 is 1.44 bits per heavy atom. The van der Waals surface area contributed by atoms with Crippen molar-refractivity contribution in [3.8, 4) is 0 Å². The fourth-order valence-electron chi connectivity index (χ4n) is 1.58. The molecule has 5 nitrogen and oxygen atoms in total. The van der Waals surface area contributed by atoms with E-state index < -0.39 is 5.91 Å². The van der Waals surface area contributed by atoms with Crippen molar-refractivity contribution in [1.29, 1.82) is 0 Å². The summed E-state index contributed by atoms with van der Waals surface area (Å²) in [5.41, 5.74) is 11.5. The van der Waals surface area contributed by atoms with Crippen LogP contribution in [0.25, 0.3) is 0 Å². The molecule has 16 heavy (non-hydrogen) atoms. The van der Waals surface area contributed by atoms with Crippen LogP contribution in [0.1, 0.15) is 32.9 Å². The lowest BCUT2D eigenvalue weighted by atomic mass is 10.1. The second kappa shape index (κ2) is 3.79. The summed E-state index contributed by atoms with van der Waals surface area (Å²) >= 11 is 1.20. The first-order chi connectivity index (χ1) is 7.56. The van der Waals surface area contributed by atoms with Crippen molar-refractivity contribution < 1.29 is 9.59 Å². The molecule has 6 heteroatoms. The minimum atomic E-state index is -0.604. The molecule has 86 valence electrons. The van der Waals surface area contributed by atoms with Gasteiger partial charge in [-0.25, -0.2) is 0 Å². The number of rotatable bonds is 4. The summed E-state index contributed by atoms with van der Waals surface area (Å²) in [6.45, 7) is 0. The molecule has 1 aliphatic carbocycles. The molecule has 0 saturated heterocycles. The Kier molecular flexibility index (Phi) is 2.59. The Morgan fingerprint density at radius 3 is 2.44 bits per heavy atom. The SMILES string of the molecule is CNc1sc(C(=O)C2CC2)c(N)c1C(N)=O.